The molecular formula is C28H28N2O5S. The first-order valence-electron chi connectivity index (χ1n) is 12.0. The van der Waals surface area contributed by atoms with Crippen molar-refractivity contribution in [2.75, 3.05) is 19.0 Å². The fourth-order valence-corrected chi connectivity index (χ4v) is 4.93. The van der Waals surface area contributed by atoms with E-state index < -0.39 is 11.6 Å². The standard InChI is InChI=1S/C28H28N2O5S/c1-4-16(2)11-12-29-27(36)30-17-5-8-21-20(13-17)26(32)35-28(21)22-9-6-18(31)14-24(22)34-25-15-19(33-3)7-10-23(25)28/h5-10,13-16,31H,4,11-12H2,1-3H3,(H2,29,30,36). The lowest BCUT2D eigenvalue weighted by atomic mass is 9.77. The minimum absolute atomic E-state index is 0.0497. The maximum atomic E-state index is 13.3. The van der Waals surface area contributed by atoms with Crippen LogP contribution in [0.5, 0.6) is 23.0 Å². The van der Waals surface area contributed by atoms with E-state index in [4.69, 9.17) is 26.4 Å². The maximum absolute atomic E-state index is 13.3. The molecule has 0 radical (unpaired) electrons. The number of phenols is 1. The van der Waals surface area contributed by atoms with E-state index in [9.17, 15) is 9.90 Å². The third kappa shape index (κ3) is 4.01. The summed E-state index contributed by atoms with van der Waals surface area (Å²) >= 11 is 5.45. The second-order valence-corrected chi connectivity index (χ2v) is 9.57. The molecule has 2 aliphatic heterocycles. The van der Waals surface area contributed by atoms with Crippen LogP contribution < -0.4 is 20.1 Å². The zero-order chi connectivity index (χ0) is 25.4. The second kappa shape index (κ2) is 9.35. The Morgan fingerprint density at radius 1 is 1.08 bits per heavy atom. The molecule has 36 heavy (non-hydrogen) atoms. The summed E-state index contributed by atoms with van der Waals surface area (Å²) in [7, 11) is 1.57. The van der Waals surface area contributed by atoms with Gasteiger partial charge in [-0.15, -0.1) is 0 Å². The van der Waals surface area contributed by atoms with Crippen molar-refractivity contribution in [1.29, 1.82) is 0 Å². The lowest BCUT2D eigenvalue weighted by Crippen LogP contribution is -2.33. The number of hydrogen-bond acceptors (Lipinski definition) is 6. The van der Waals surface area contributed by atoms with Gasteiger partial charge in [0.25, 0.3) is 0 Å². The summed E-state index contributed by atoms with van der Waals surface area (Å²) in [5, 5.41) is 17.0. The smallest absolute Gasteiger partial charge is 0.340 e. The molecule has 2 aliphatic rings. The number of nitrogens with one attached hydrogen (secondary N) is 2. The molecule has 3 aromatic rings. The summed E-state index contributed by atoms with van der Waals surface area (Å²) < 4.78 is 17.6. The van der Waals surface area contributed by atoms with Crippen LogP contribution in [0, 0.1) is 5.92 Å². The molecule has 3 aromatic carbocycles. The number of rotatable bonds is 6. The van der Waals surface area contributed by atoms with Gasteiger partial charge >= 0.3 is 5.97 Å². The Morgan fingerprint density at radius 3 is 2.56 bits per heavy atom. The van der Waals surface area contributed by atoms with Crippen LogP contribution in [-0.4, -0.2) is 29.8 Å². The molecule has 0 bridgehead atoms. The minimum Gasteiger partial charge on any atom is -0.508 e. The molecule has 8 heteroatoms. The van der Waals surface area contributed by atoms with Crippen LogP contribution >= 0.6 is 12.2 Å². The predicted octanol–water partition coefficient (Wildman–Crippen LogP) is 5.69. The first kappa shape index (κ1) is 23.9. The number of methoxy groups -OCH3 is 1. The van der Waals surface area contributed by atoms with Crippen molar-refractivity contribution >= 4 is 29.0 Å². The number of benzene rings is 3. The van der Waals surface area contributed by atoms with E-state index in [1.165, 1.54) is 6.07 Å². The van der Waals surface area contributed by atoms with Crippen molar-refractivity contribution in [3.8, 4) is 23.0 Å². The number of carbonyl (C=O) groups excluding carboxylic acids is 1. The summed E-state index contributed by atoms with van der Waals surface area (Å²) in [6, 6.07) is 15.7. The van der Waals surface area contributed by atoms with Crippen LogP contribution in [0.3, 0.4) is 0 Å². The monoisotopic (exact) mass is 504 g/mol. The van der Waals surface area contributed by atoms with Gasteiger partial charge in [-0.2, -0.15) is 0 Å². The van der Waals surface area contributed by atoms with Crippen LogP contribution in [0.25, 0.3) is 0 Å². The molecule has 7 nitrogen and oxygen atoms in total. The minimum atomic E-state index is -1.22. The van der Waals surface area contributed by atoms with Gasteiger partial charge in [0.05, 0.1) is 12.7 Å². The van der Waals surface area contributed by atoms with E-state index in [0.29, 0.717) is 56.2 Å². The van der Waals surface area contributed by atoms with Crippen LogP contribution in [0.4, 0.5) is 5.69 Å². The summed E-state index contributed by atoms with van der Waals surface area (Å²) in [5.74, 6) is 1.72. The van der Waals surface area contributed by atoms with Gasteiger partial charge in [0.1, 0.15) is 23.0 Å². The zero-order valence-electron chi connectivity index (χ0n) is 20.4. The van der Waals surface area contributed by atoms with Gasteiger partial charge in [-0.25, -0.2) is 4.79 Å². The first-order valence-corrected chi connectivity index (χ1v) is 12.4. The Hall–Kier alpha value is -3.78. The highest BCUT2D eigenvalue weighted by atomic mass is 32.1. The molecule has 0 saturated heterocycles. The molecular weight excluding hydrogens is 476 g/mol. The summed E-state index contributed by atoms with van der Waals surface area (Å²) in [5.41, 5.74) is 1.91. The normalized spacial score (nSPS) is 17.8. The summed E-state index contributed by atoms with van der Waals surface area (Å²) in [6.07, 6.45) is 2.15. The van der Waals surface area contributed by atoms with Gasteiger partial charge in [0.2, 0.25) is 0 Å². The predicted molar refractivity (Wildman–Crippen MR) is 141 cm³/mol. The first-order chi connectivity index (χ1) is 17.3. The van der Waals surface area contributed by atoms with E-state index in [0.717, 1.165) is 19.4 Å². The Morgan fingerprint density at radius 2 is 1.81 bits per heavy atom. The Labute approximate surface area is 215 Å². The van der Waals surface area contributed by atoms with E-state index in [2.05, 4.69) is 24.5 Å². The molecule has 0 aromatic heterocycles. The fourth-order valence-electron chi connectivity index (χ4n) is 4.71. The van der Waals surface area contributed by atoms with Gasteiger partial charge in [-0.1, -0.05) is 26.3 Å². The van der Waals surface area contributed by atoms with Crippen LogP contribution in [0.2, 0.25) is 0 Å². The lowest BCUT2D eigenvalue weighted by Gasteiger charge is -2.36. The highest BCUT2D eigenvalue weighted by Crippen LogP contribution is 2.57. The van der Waals surface area contributed by atoms with Gasteiger partial charge in [0, 0.05) is 41.1 Å². The van der Waals surface area contributed by atoms with E-state index in [1.54, 1.807) is 37.4 Å². The van der Waals surface area contributed by atoms with Crippen molar-refractivity contribution in [2.45, 2.75) is 32.3 Å². The molecule has 0 fully saturated rings. The number of carbonyl (C=O) groups is 1. The lowest BCUT2D eigenvalue weighted by molar-refractivity contribution is 0.0224. The number of hydrogen-bond donors (Lipinski definition) is 3. The number of anilines is 1. The summed E-state index contributed by atoms with van der Waals surface area (Å²) in [6.45, 7) is 5.16. The van der Waals surface area contributed by atoms with Crippen molar-refractivity contribution < 1.29 is 24.1 Å². The molecule has 2 atom stereocenters. The van der Waals surface area contributed by atoms with E-state index in [1.807, 2.05) is 18.2 Å². The zero-order valence-corrected chi connectivity index (χ0v) is 21.2. The number of esters is 1. The average Bonchev–Trinajstić information content (AvgIpc) is 3.15. The van der Waals surface area contributed by atoms with Crippen molar-refractivity contribution in [2.24, 2.45) is 5.92 Å². The third-order valence-electron chi connectivity index (χ3n) is 6.87. The highest BCUT2D eigenvalue weighted by molar-refractivity contribution is 7.80. The molecule has 186 valence electrons. The number of thiocarbonyl (C=S) groups is 1. The molecule has 5 rings (SSSR count). The average molecular weight is 505 g/mol. The van der Waals surface area contributed by atoms with Gasteiger partial charge in [-0.3, -0.25) is 0 Å². The molecule has 2 unspecified atom stereocenters. The molecule has 2 heterocycles. The van der Waals surface area contributed by atoms with Gasteiger partial charge < -0.3 is 30.0 Å². The van der Waals surface area contributed by atoms with Crippen LogP contribution in [-0.2, 0) is 10.3 Å². The largest absolute Gasteiger partial charge is 0.508 e. The SMILES string of the molecule is CCC(C)CCNC(=S)Nc1ccc2c(c1)C(=O)OC21c2ccc(O)cc2Oc2cc(OC)ccc21. The van der Waals surface area contributed by atoms with Gasteiger partial charge in [0.15, 0.2) is 10.7 Å². The Bertz CT molecular complexity index is 1360. The Kier molecular flexibility index (Phi) is 6.22. The quantitative estimate of drug-likeness (QED) is 0.291. The van der Waals surface area contributed by atoms with Crippen LogP contribution in [0.1, 0.15) is 53.7 Å². The fraction of sp³-hybridized carbons (Fsp3) is 0.286. The number of phenolic OH excluding ortho intramolecular Hbond substituents is 1. The van der Waals surface area contributed by atoms with Crippen molar-refractivity contribution in [1.82, 2.24) is 5.32 Å². The molecule has 0 aliphatic carbocycles. The number of aromatic hydroxyl groups is 1. The molecule has 3 N–H and O–H groups in total. The second-order valence-electron chi connectivity index (χ2n) is 9.16. The topological polar surface area (TPSA) is 89.1 Å². The highest BCUT2D eigenvalue weighted by Gasteiger charge is 2.53. The molecule has 1 spiro atoms. The summed E-state index contributed by atoms with van der Waals surface area (Å²) in [4.78, 5) is 13.3. The molecule has 0 saturated carbocycles. The number of fused-ring (bicyclic) bond motifs is 6. The van der Waals surface area contributed by atoms with Crippen molar-refractivity contribution in [3.63, 3.8) is 0 Å². The molecule has 0 amide bonds. The number of ether oxygens (including phenoxy) is 3. The van der Waals surface area contributed by atoms with Crippen LogP contribution in [0.15, 0.2) is 54.6 Å². The maximum Gasteiger partial charge on any atom is 0.340 e. The van der Waals surface area contributed by atoms with E-state index in [-0.39, 0.29) is 5.75 Å². The third-order valence-corrected chi connectivity index (χ3v) is 7.12. The van der Waals surface area contributed by atoms with Gasteiger partial charge in [-0.05, 0) is 61.0 Å². The Balaban J connectivity index is 1.52. The van der Waals surface area contributed by atoms with E-state index >= 15 is 0 Å². The van der Waals surface area contributed by atoms with Crippen molar-refractivity contribution in [3.05, 3.63) is 76.9 Å².